The molecule has 0 atom stereocenters. The van der Waals surface area contributed by atoms with Gasteiger partial charge in [-0.15, -0.1) is 0 Å². The maximum absolute atomic E-state index is 11.8. The van der Waals surface area contributed by atoms with E-state index in [2.05, 4.69) is 28.2 Å². The zero-order chi connectivity index (χ0) is 11.4. The molecule has 1 aromatic carbocycles. The molecule has 0 aliphatic carbocycles. The highest BCUT2D eigenvalue weighted by Crippen LogP contribution is 2.43. The molecule has 1 amide bonds. The van der Waals surface area contributed by atoms with Crippen molar-refractivity contribution >= 4 is 27.5 Å². The van der Waals surface area contributed by atoms with E-state index in [0.717, 1.165) is 26.9 Å². The van der Waals surface area contributed by atoms with Gasteiger partial charge in [-0.1, -0.05) is 15.9 Å². The molecule has 0 spiro atoms. The summed E-state index contributed by atoms with van der Waals surface area (Å²) in [6.07, 6.45) is 0. The lowest BCUT2D eigenvalue weighted by molar-refractivity contribution is -0.119. The Morgan fingerprint density at radius 2 is 1.93 bits per heavy atom. The fourth-order valence-electron chi connectivity index (χ4n) is 2.26. The summed E-state index contributed by atoms with van der Waals surface area (Å²) in [6.45, 7) is 8.01. The van der Waals surface area contributed by atoms with Crippen LogP contribution in [0.1, 0.15) is 30.5 Å². The number of amides is 1. The van der Waals surface area contributed by atoms with Crippen LogP contribution in [-0.4, -0.2) is 5.91 Å². The van der Waals surface area contributed by atoms with E-state index in [9.17, 15) is 4.79 Å². The summed E-state index contributed by atoms with van der Waals surface area (Å²) in [6, 6.07) is 2.03. The average molecular weight is 268 g/mol. The molecule has 2 nitrogen and oxygen atoms in total. The minimum Gasteiger partial charge on any atom is -0.325 e. The SMILES string of the molecule is Cc1cc2c(c(C)c1Br)C(C)(C)C(=O)N2. The molecule has 0 aromatic heterocycles. The number of aryl methyl sites for hydroxylation is 1. The number of rotatable bonds is 0. The Hall–Kier alpha value is -0.830. The lowest BCUT2D eigenvalue weighted by Crippen LogP contribution is -2.27. The second-order valence-corrected chi connectivity index (χ2v) is 5.43. The highest BCUT2D eigenvalue weighted by atomic mass is 79.9. The van der Waals surface area contributed by atoms with Crippen LogP contribution in [0.2, 0.25) is 0 Å². The summed E-state index contributed by atoms with van der Waals surface area (Å²) in [7, 11) is 0. The molecule has 1 aliphatic heterocycles. The first-order valence-corrected chi connectivity index (χ1v) is 5.76. The van der Waals surface area contributed by atoms with Gasteiger partial charge in [0.25, 0.3) is 0 Å². The predicted molar refractivity (Wildman–Crippen MR) is 65.3 cm³/mol. The second kappa shape index (κ2) is 3.08. The Labute approximate surface area is 98.2 Å². The van der Waals surface area contributed by atoms with Crippen molar-refractivity contribution in [1.29, 1.82) is 0 Å². The summed E-state index contributed by atoms with van der Waals surface area (Å²) in [4.78, 5) is 11.8. The van der Waals surface area contributed by atoms with Crippen molar-refractivity contribution in [3.63, 3.8) is 0 Å². The number of carbonyl (C=O) groups excluding carboxylic acids is 1. The van der Waals surface area contributed by atoms with Crippen LogP contribution in [0.4, 0.5) is 5.69 Å². The van der Waals surface area contributed by atoms with E-state index < -0.39 is 5.41 Å². The molecule has 0 unspecified atom stereocenters. The third-order valence-electron chi connectivity index (χ3n) is 3.12. The smallest absolute Gasteiger partial charge is 0.234 e. The van der Waals surface area contributed by atoms with Crippen molar-refractivity contribution in [2.24, 2.45) is 0 Å². The number of hydrogen-bond donors (Lipinski definition) is 1. The van der Waals surface area contributed by atoms with Gasteiger partial charge >= 0.3 is 0 Å². The van der Waals surface area contributed by atoms with Crippen molar-refractivity contribution in [1.82, 2.24) is 0 Å². The largest absolute Gasteiger partial charge is 0.325 e. The molecule has 80 valence electrons. The molecular weight excluding hydrogens is 254 g/mol. The maximum atomic E-state index is 11.8. The summed E-state index contributed by atoms with van der Waals surface area (Å²) in [5, 5.41) is 2.94. The highest BCUT2D eigenvalue weighted by molar-refractivity contribution is 9.10. The average Bonchev–Trinajstić information content (AvgIpc) is 2.34. The van der Waals surface area contributed by atoms with Crippen LogP contribution in [0.5, 0.6) is 0 Å². The first-order valence-electron chi connectivity index (χ1n) is 4.97. The summed E-state index contributed by atoms with van der Waals surface area (Å²) < 4.78 is 1.10. The Balaban J connectivity index is 2.78. The summed E-state index contributed by atoms with van der Waals surface area (Å²) in [5.74, 6) is 0.0816. The van der Waals surface area contributed by atoms with E-state index >= 15 is 0 Å². The standard InChI is InChI=1S/C12H14BrNO/c1-6-5-8-9(7(2)10(6)13)12(3,4)11(15)14-8/h5H,1-4H3,(H,14,15). The molecule has 3 heteroatoms. The molecule has 15 heavy (non-hydrogen) atoms. The van der Waals surface area contributed by atoms with Gasteiger partial charge < -0.3 is 5.32 Å². The van der Waals surface area contributed by atoms with Crippen molar-refractivity contribution < 1.29 is 4.79 Å². The Morgan fingerprint density at radius 3 is 2.53 bits per heavy atom. The molecule has 1 aromatic rings. The lowest BCUT2D eigenvalue weighted by atomic mass is 9.83. The fraction of sp³-hybridized carbons (Fsp3) is 0.417. The second-order valence-electron chi connectivity index (χ2n) is 4.63. The van der Waals surface area contributed by atoms with Gasteiger partial charge in [0.1, 0.15) is 0 Å². The monoisotopic (exact) mass is 267 g/mol. The van der Waals surface area contributed by atoms with Gasteiger partial charge in [0.15, 0.2) is 0 Å². The topological polar surface area (TPSA) is 29.1 Å². The number of anilines is 1. The number of hydrogen-bond acceptors (Lipinski definition) is 1. The molecule has 1 N–H and O–H groups in total. The number of halogens is 1. The van der Waals surface area contributed by atoms with Crippen LogP contribution in [-0.2, 0) is 10.2 Å². The minimum atomic E-state index is -0.421. The zero-order valence-electron chi connectivity index (χ0n) is 9.36. The first kappa shape index (κ1) is 10.7. The van der Waals surface area contributed by atoms with Crippen LogP contribution in [0.3, 0.4) is 0 Å². The van der Waals surface area contributed by atoms with E-state index in [4.69, 9.17) is 0 Å². The Morgan fingerprint density at radius 1 is 1.33 bits per heavy atom. The van der Waals surface area contributed by atoms with Gasteiger partial charge in [0.2, 0.25) is 5.91 Å². The quantitative estimate of drug-likeness (QED) is 0.768. The number of carbonyl (C=O) groups is 1. The van der Waals surface area contributed by atoms with Gasteiger partial charge in [0.05, 0.1) is 5.41 Å². The van der Waals surface area contributed by atoms with Gasteiger partial charge in [-0.05, 0) is 50.5 Å². The van der Waals surface area contributed by atoms with Crippen molar-refractivity contribution in [2.75, 3.05) is 5.32 Å². The van der Waals surface area contributed by atoms with Crippen LogP contribution >= 0.6 is 15.9 Å². The molecule has 1 aliphatic rings. The van der Waals surface area contributed by atoms with E-state index in [1.54, 1.807) is 0 Å². The van der Waals surface area contributed by atoms with Crippen LogP contribution in [0.15, 0.2) is 10.5 Å². The molecule has 0 radical (unpaired) electrons. The van der Waals surface area contributed by atoms with Crippen LogP contribution in [0.25, 0.3) is 0 Å². The van der Waals surface area contributed by atoms with E-state index in [1.807, 2.05) is 26.8 Å². The Bertz CT molecular complexity index is 463. The summed E-state index contributed by atoms with van der Waals surface area (Å²) in [5.41, 5.74) is 3.97. The maximum Gasteiger partial charge on any atom is 0.234 e. The molecule has 0 fully saturated rings. The lowest BCUT2D eigenvalue weighted by Gasteiger charge is -2.19. The highest BCUT2D eigenvalue weighted by Gasteiger charge is 2.40. The first-order chi connectivity index (χ1) is 6.85. The van der Waals surface area contributed by atoms with E-state index in [1.165, 1.54) is 0 Å². The minimum absolute atomic E-state index is 0.0816. The van der Waals surface area contributed by atoms with E-state index in [-0.39, 0.29) is 5.91 Å². The predicted octanol–water partition coefficient (Wildman–Crippen LogP) is 3.30. The third kappa shape index (κ3) is 1.33. The molecule has 0 bridgehead atoms. The van der Waals surface area contributed by atoms with Gasteiger partial charge in [0, 0.05) is 10.2 Å². The van der Waals surface area contributed by atoms with Crippen LogP contribution < -0.4 is 5.32 Å². The molecule has 1 heterocycles. The molecule has 0 saturated carbocycles. The van der Waals surface area contributed by atoms with Crippen molar-refractivity contribution in [3.8, 4) is 0 Å². The molecular formula is C12H14BrNO. The van der Waals surface area contributed by atoms with Crippen LogP contribution in [0, 0.1) is 13.8 Å². The van der Waals surface area contributed by atoms with Crippen molar-refractivity contribution in [2.45, 2.75) is 33.1 Å². The third-order valence-corrected chi connectivity index (χ3v) is 4.34. The Kier molecular flexibility index (Phi) is 2.19. The zero-order valence-corrected chi connectivity index (χ0v) is 10.9. The fourth-order valence-corrected chi connectivity index (χ4v) is 2.57. The molecule has 2 rings (SSSR count). The van der Waals surface area contributed by atoms with Gasteiger partial charge in [-0.2, -0.15) is 0 Å². The van der Waals surface area contributed by atoms with Gasteiger partial charge in [-0.25, -0.2) is 0 Å². The van der Waals surface area contributed by atoms with Crippen molar-refractivity contribution in [3.05, 3.63) is 27.2 Å². The number of nitrogens with one attached hydrogen (secondary N) is 1. The normalized spacial score (nSPS) is 17.5. The number of benzene rings is 1. The molecule has 0 saturated heterocycles. The van der Waals surface area contributed by atoms with Gasteiger partial charge in [-0.3, -0.25) is 4.79 Å². The number of fused-ring (bicyclic) bond motifs is 1. The van der Waals surface area contributed by atoms with E-state index in [0.29, 0.717) is 0 Å². The summed E-state index contributed by atoms with van der Waals surface area (Å²) >= 11 is 3.57.